The summed E-state index contributed by atoms with van der Waals surface area (Å²) in [5.74, 6) is -2.80. The molecule has 20 atom stereocenters. The van der Waals surface area contributed by atoms with Gasteiger partial charge in [-0.1, -0.05) is 134 Å². The van der Waals surface area contributed by atoms with E-state index < -0.39 is 90.0 Å². The van der Waals surface area contributed by atoms with Gasteiger partial charge in [-0.3, -0.25) is 8.42 Å². The Hall–Kier alpha value is -1.27. The molecule has 0 bridgehead atoms. The van der Waals surface area contributed by atoms with E-state index in [-0.39, 0.29) is 60.2 Å². The maximum atomic E-state index is 12.9. The van der Waals surface area contributed by atoms with Gasteiger partial charge >= 0.3 is 36.3 Å². The first kappa shape index (κ1) is 106. The number of thioether (sulfide) groups is 1. The molecule has 122 heavy (non-hydrogen) atoms. The van der Waals surface area contributed by atoms with Crippen molar-refractivity contribution in [2.75, 3.05) is 34.5 Å². The first-order chi connectivity index (χ1) is 57.5. The lowest BCUT2D eigenvalue weighted by Gasteiger charge is -2.49. The number of hydrogen-bond donors (Lipinski definition) is 6. The molecule has 0 saturated heterocycles. The van der Waals surface area contributed by atoms with Crippen molar-refractivity contribution in [1.82, 2.24) is 0 Å². The second-order valence-electron chi connectivity index (χ2n) is 37.3. The zero-order valence-electron chi connectivity index (χ0n) is 70.7. The van der Waals surface area contributed by atoms with Gasteiger partial charge < -0.3 is 30.6 Å². The van der Waals surface area contributed by atoms with Crippen LogP contribution in [0.4, 0.5) is 65.9 Å². The molecular weight excluding hydrogens is 2010 g/mol. The zero-order chi connectivity index (χ0) is 87.9. The fourth-order valence-electron chi connectivity index (χ4n) is 23.8. The van der Waals surface area contributed by atoms with Gasteiger partial charge in [0.05, 0.1) is 18.3 Å². The highest BCUT2D eigenvalue weighted by Crippen LogP contribution is 2.62. The lowest BCUT2D eigenvalue weighted by molar-refractivity contribution is -0.284. The van der Waals surface area contributed by atoms with Crippen molar-refractivity contribution in [3.63, 3.8) is 0 Å². The molecule has 3 aromatic carbocycles. The number of unbranched alkanes of at least 4 members (excludes halogenated alkanes) is 18. The third kappa shape index (κ3) is 30.1. The number of alkyl halides is 15. The van der Waals surface area contributed by atoms with Crippen LogP contribution in [0.5, 0.6) is 17.2 Å². The summed E-state index contributed by atoms with van der Waals surface area (Å²) in [6, 6.07) is 17.8. The number of phenolic OH excluding ortho intramolecular Hbond substituents is 3. The Morgan fingerprint density at radius 1 is 0.320 bits per heavy atom. The van der Waals surface area contributed by atoms with Crippen LogP contribution in [0.25, 0.3) is 0 Å². The minimum absolute atomic E-state index is 0. The Labute approximate surface area is 765 Å². The van der Waals surface area contributed by atoms with Crippen LogP contribution in [0.2, 0.25) is 0 Å². The third-order valence-corrected chi connectivity index (χ3v) is 33.6. The summed E-state index contributed by atoms with van der Waals surface area (Å²) in [5, 5.41) is 62.0. The van der Waals surface area contributed by atoms with Gasteiger partial charge in [-0.15, -0.1) is 24.0 Å². The molecule has 6 fully saturated rings. The van der Waals surface area contributed by atoms with E-state index in [2.05, 4.69) is 55.4 Å². The Morgan fingerprint density at radius 2 is 0.566 bits per heavy atom. The summed E-state index contributed by atoms with van der Waals surface area (Å²) < 4.78 is 211. The minimum Gasteiger partial charge on any atom is -0.508 e. The number of benzene rings is 3. The SMILES string of the molecule is I.II.O=S(CCCCCCCCC[C@@H]1Cc2cc(O)ccc2[C@H]2CC[C@H]3[C@@H](CC[C@@H]3O)[C@H]12)CCCC(F)(F)C(F)(F)F.O=S(CCCCCCCCC[C@@H]1Cc2cc(O)ccc2[C@H]2CC[C@H]3[C@@H](CC[C@@H]3O)[C@H]12)CCCC(F)(F)C(F)(F)F.Oc1ccc2c(c1)C[C@@H](CCCCCCCCCSCCCC(F)(F)C(F)(F)F)[C@H]1[C@@H]3CC[C@H](O)[C@H]3CC[C@H]21. The number of aromatic hydroxyl groups is 3. The summed E-state index contributed by atoms with van der Waals surface area (Å²) in [7, 11) is -2.70. The lowest BCUT2D eigenvalue weighted by atomic mass is 9.56. The van der Waals surface area contributed by atoms with Gasteiger partial charge in [-0.05, 0) is 324 Å². The Balaban J connectivity index is 0.000000224. The molecule has 8 nitrogen and oxygen atoms in total. The molecule has 9 aliphatic carbocycles. The molecule has 2 unspecified atom stereocenters. The Morgan fingerprint density at radius 3 is 0.861 bits per heavy atom. The minimum atomic E-state index is -5.54. The molecule has 700 valence electrons. The largest absolute Gasteiger partial charge is 0.508 e. The Kier molecular flexibility index (Phi) is 44.0. The van der Waals surface area contributed by atoms with Gasteiger partial charge in [-0.2, -0.15) is 77.6 Å². The van der Waals surface area contributed by atoms with Crippen LogP contribution in [-0.4, -0.2) is 128 Å². The van der Waals surface area contributed by atoms with E-state index in [1.807, 2.05) is 36.4 Å². The summed E-state index contributed by atoms with van der Waals surface area (Å²) in [6.45, 7) is 0. The van der Waals surface area contributed by atoms with Gasteiger partial charge in [0.15, 0.2) is 0 Å². The number of phenols is 3. The van der Waals surface area contributed by atoms with Crippen LogP contribution in [0, 0.1) is 71.0 Å². The van der Waals surface area contributed by atoms with Gasteiger partial charge in [0.1, 0.15) is 17.2 Å². The van der Waals surface area contributed by atoms with Gasteiger partial charge in [0.2, 0.25) is 0 Å². The van der Waals surface area contributed by atoms with Crippen LogP contribution in [-0.2, 0) is 40.9 Å². The number of fused-ring (bicyclic) bond motifs is 15. The standard InChI is InChI=1S/2C31H45F5O3S.C31H45F5O2S.I2.HI/c2*32-30(33,31(34,35)36)16-8-18-40(39)17-7-5-3-1-2-4-6-9-21-19-22-20-23(37)10-11-24(22)26-13-12-25-27(29(21)26)14-15-28(25)38;32-30(33,31(34,35)36)16-8-18-39-17-7-5-3-1-2-4-6-9-21-19-22-20-23(37)10-11-24(22)26-13-12-25-27(29(21)26)14-15-28(25)38;1-2;/h2*10-11,20-21,25-29,37-38H,1-9,12-19H2;10-11,20-21,25-29,37-38H,1-9,12-19H2;;1H/t2*21-,25+,26-,27-,28+,29-,40?;21-,25+,26-,27-,28+,29-;;/m111../s1. The molecule has 0 aliphatic heterocycles. The van der Waals surface area contributed by atoms with Crippen molar-refractivity contribution >= 4 is 94.6 Å². The van der Waals surface area contributed by atoms with Crippen LogP contribution < -0.4 is 0 Å². The molecule has 6 N–H and O–H groups in total. The van der Waals surface area contributed by atoms with E-state index in [1.54, 1.807) is 0 Å². The second kappa shape index (κ2) is 50.5. The predicted molar refractivity (Wildman–Crippen MR) is 487 cm³/mol. The monoisotopic (exact) mass is 2140 g/mol. The first-order valence-corrected chi connectivity index (χ1v) is 56.2. The van der Waals surface area contributed by atoms with E-state index in [9.17, 15) is 105 Å². The van der Waals surface area contributed by atoms with Gasteiger partial charge in [-0.25, -0.2) is 0 Å². The molecule has 0 spiro atoms. The van der Waals surface area contributed by atoms with Crippen LogP contribution in [0.1, 0.15) is 321 Å². The van der Waals surface area contributed by atoms with Crippen LogP contribution in [0.3, 0.4) is 0 Å². The van der Waals surface area contributed by atoms with Gasteiger partial charge in [0, 0.05) is 101 Å². The fraction of sp³-hybridized carbons (Fsp3) is 0.806. The molecule has 0 radical (unpaired) electrons. The maximum absolute atomic E-state index is 12.9. The number of aliphatic hydroxyl groups excluding tert-OH is 3. The average molecular weight is 2140 g/mol. The quantitative estimate of drug-likeness (QED) is 0.0185. The molecule has 12 rings (SSSR count). The normalized spacial score (nSPS) is 28.3. The van der Waals surface area contributed by atoms with Crippen molar-refractivity contribution in [3.8, 4) is 17.2 Å². The summed E-state index contributed by atoms with van der Waals surface area (Å²) >= 11 is 5.71. The number of halogens is 18. The van der Waals surface area contributed by atoms with Crippen molar-refractivity contribution in [2.24, 2.45) is 71.0 Å². The smallest absolute Gasteiger partial charge is 0.453 e. The molecule has 9 aliphatic rings. The number of hydrogen-bond acceptors (Lipinski definition) is 9. The highest BCUT2D eigenvalue weighted by Gasteiger charge is 2.60. The second-order valence-corrected chi connectivity index (χ2v) is 41.9. The fourth-order valence-corrected chi connectivity index (χ4v) is 27.1. The molecule has 29 heteroatoms. The molecule has 0 aromatic heterocycles. The van der Waals surface area contributed by atoms with Crippen molar-refractivity contribution in [1.29, 1.82) is 0 Å². The third-order valence-electron chi connectivity index (χ3n) is 29.5. The van der Waals surface area contributed by atoms with E-state index in [4.69, 9.17) is 0 Å². The summed E-state index contributed by atoms with van der Waals surface area (Å²) in [6.07, 6.45) is 20.1. The summed E-state index contributed by atoms with van der Waals surface area (Å²) in [5.41, 5.74) is 8.19. The molecule has 3 aromatic rings. The lowest BCUT2D eigenvalue weighted by Crippen LogP contribution is -2.41. The van der Waals surface area contributed by atoms with E-state index in [0.29, 0.717) is 136 Å². The molecular formula is C93H136F15I3O8S3. The molecule has 0 heterocycles. The van der Waals surface area contributed by atoms with Gasteiger partial charge in [0.25, 0.3) is 0 Å². The Bertz CT molecular complexity index is 3460. The van der Waals surface area contributed by atoms with E-state index >= 15 is 0 Å². The van der Waals surface area contributed by atoms with Crippen LogP contribution in [0.15, 0.2) is 54.6 Å². The topological polar surface area (TPSA) is 156 Å². The van der Waals surface area contributed by atoms with Crippen LogP contribution >= 0.6 is 73.0 Å². The number of rotatable bonds is 42. The van der Waals surface area contributed by atoms with E-state index in [1.165, 1.54) is 90.1 Å². The predicted octanol–water partition coefficient (Wildman–Crippen LogP) is 28.3. The maximum Gasteiger partial charge on any atom is 0.453 e. The molecule has 0 amide bonds. The van der Waals surface area contributed by atoms with Crippen molar-refractivity contribution in [3.05, 3.63) is 88.0 Å². The molecule has 6 saturated carbocycles. The van der Waals surface area contributed by atoms with Crippen molar-refractivity contribution in [2.45, 2.75) is 361 Å². The highest BCUT2D eigenvalue weighted by atomic mass is 128. The first-order valence-electron chi connectivity index (χ1n) is 45.8. The summed E-state index contributed by atoms with van der Waals surface area (Å²) in [4.78, 5) is 0. The highest BCUT2D eigenvalue weighted by molar-refractivity contribution is 15.0. The average Bonchev–Trinajstić information content (AvgIpc) is 1.09. The number of aliphatic hydroxyl groups is 3. The van der Waals surface area contributed by atoms with E-state index in [0.717, 1.165) is 198 Å². The van der Waals surface area contributed by atoms with Crippen molar-refractivity contribution < 1.29 is 105 Å². The zero-order valence-corrected chi connectivity index (χ0v) is 79.8.